The molecule has 3 aliphatic rings. The summed E-state index contributed by atoms with van der Waals surface area (Å²) < 4.78 is 0. The maximum absolute atomic E-state index is 9.00. The second-order valence-corrected chi connectivity index (χ2v) is 10.3. The third-order valence-corrected chi connectivity index (χ3v) is 8.68. The third kappa shape index (κ3) is 4.64. The van der Waals surface area contributed by atoms with Crippen LogP contribution in [0.2, 0.25) is 0 Å². The fourth-order valence-electron chi connectivity index (χ4n) is 6.96. The number of hydrogen-bond donors (Lipinski definition) is 0. The maximum atomic E-state index is 9.00. The van der Waals surface area contributed by atoms with Gasteiger partial charge in [0.15, 0.2) is 0 Å². The lowest BCUT2D eigenvalue weighted by Gasteiger charge is -2.45. The highest BCUT2D eigenvalue weighted by Gasteiger charge is 2.38. The molecule has 0 bridgehead atoms. The molecule has 1 aromatic carbocycles. The monoisotopic (exact) mass is 377 g/mol. The van der Waals surface area contributed by atoms with Crippen molar-refractivity contribution in [3.63, 3.8) is 0 Å². The number of unbranched alkanes of at least 4 members (excludes halogenated alkanes) is 1. The molecule has 152 valence electrons. The molecule has 0 aromatic heterocycles. The molecule has 1 heteroatoms. The molecule has 3 aliphatic carbocycles. The van der Waals surface area contributed by atoms with Crippen molar-refractivity contribution >= 4 is 0 Å². The Morgan fingerprint density at radius 2 is 1.39 bits per heavy atom. The van der Waals surface area contributed by atoms with Crippen LogP contribution in [0.1, 0.15) is 107 Å². The Morgan fingerprint density at radius 3 is 2.07 bits per heavy atom. The fourth-order valence-corrected chi connectivity index (χ4v) is 6.96. The summed E-state index contributed by atoms with van der Waals surface area (Å²) in [4.78, 5) is 0. The second-order valence-electron chi connectivity index (χ2n) is 10.3. The molecule has 0 N–H and O–H groups in total. The van der Waals surface area contributed by atoms with Crippen molar-refractivity contribution in [2.24, 2.45) is 29.6 Å². The Morgan fingerprint density at radius 1 is 0.786 bits per heavy atom. The van der Waals surface area contributed by atoms with Crippen molar-refractivity contribution < 1.29 is 0 Å². The summed E-state index contributed by atoms with van der Waals surface area (Å²) in [5.74, 6) is 5.94. The number of nitriles is 1. The lowest BCUT2D eigenvalue weighted by Crippen LogP contribution is -2.34. The highest BCUT2D eigenvalue weighted by atomic mass is 14.4. The van der Waals surface area contributed by atoms with E-state index >= 15 is 0 Å². The molecule has 0 heterocycles. The largest absolute Gasteiger partial charge is 0.192 e. The van der Waals surface area contributed by atoms with Gasteiger partial charge in [0.05, 0.1) is 11.6 Å². The molecule has 4 atom stereocenters. The average Bonchev–Trinajstić information content (AvgIpc) is 2.77. The molecule has 4 rings (SSSR count). The summed E-state index contributed by atoms with van der Waals surface area (Å²) in [5.41, 5.74) is 2.25. The van der Waals surface area contributed by atoms with Gasteiger partial charge in [-0.3, -0.25) is 0 Å². The molecule has 4 unspecified atom stereocenters. The minimum atomic E-state index is 0.731. The molecule has 3 saturated carbocycles. The standard InChI is InChI=1S/C27H39N/c1-2-3-4-20-5-10-27-18-26(16-15-25(27)17-20)24-13-11-23(12-14-24)22-8-6-21(19-28)7-9-22/h6-9,20,23-27H,2-5,10-18H2,1H3. The first-order valence-electron chi connectivity index (χ1n) is 12.3. The van der Waals surface area contributed by atoms with Gasteiger partial charge < -0.3 is 0 Å². The minimum absolute atomic E-state index is 0.731. The second kappa shape index (κ2) is 9.47. The molecule has 1 nitrogen and oxygen atoms in total. The molecule has 0 aliphatic heterocycles. The van der Waals surface area contributed by atoms with Crippen molar-refractivity contribution in [2.75, 3.05) is 0 Å². The van der Waals surface area contributed by atoms with E-state index in [2.05, 4.69) is 25.1 Å². The van der Waals surface area contributed by atoms with Crippen LogP contribution in [0.15, 0.2) is 24.3 Å². The molecule has 0 radical (unpaired) electrons. The molecular weight excluding hydrogens is 338 g/mol. The molecule has 1 aromatic rings. The van der Waals surface area contributed by atoms with Crippen LogP contribution in [0.4, 0.5) is 0 Å². The van der Waals surface area contributed by atoms with Crippen molar-refractivity contribution in [1.82, 2.24) is 0 Å². The first kappa shape index (κ1) is 20.0. The summed E-state index contributed by atoms with van der Waals surface area (Å²) in [7, 11) is 0. The number of benzene rings is 1. The zero-order chi connectivity index (χ0) is 19.3. The van der Waals surface area contributed by atoms with Crippen molar-refractivity contribution in [2.45, 2.75) is 96.3 Å². The van der Waals surface area contributed by atoms with Crippen LogP contribution < -0.4 is 0 Å². The van der Waals surface area contributed by atoms with Crippen LogP contribution in [0.5, 0.6) is 0 Å². The van der Waals surface area contributed by atoms with Crippen molar-refractivity contribution in [3.8, 4) is 6.07 Å². The predicted molar refractivity (Wildman–Crippen MR) is 117 cm³/mol. The zero-order valence-electron chi connectivity index (χ0n) is 17.9. The van der Waals surface area contributed by atoms with E-state index in [1.807, 2.05) is 12.1 Å². The van der Waals surface area contributed by atoms with Gasteiger partial charge in [-0.2, -0.15) is 5.26 Å². The molecule has 0 amide bonds. The van der Waals surface area contributed by atoms with Gasteiger partial charge >= 0.3 is 0 Å². The smallest absolute Gasteiger partial charge is 0.0991 e. The van der Waals surface area contributed by atoms with Gasteiger partial charge in [-0.05, 0) is 111 Å². The summed E-state index contributed by atoms with van der Waals surface area (Å²) >= 11 is 0. The average molecular weight is 378 g/mol. The summed E-state index contributed by atoms with van der Waals surface area (Å²) in [5, 5.41) is 9.00. The number of fused-ring (bicyclic) bond motifs is 1. The molecule has 3 fully saturated rings. The van der Waals surface area contributed by atoms with E-state index in [0.717, 1.165) is 41.1 Å². The Kier molecular flexibility index (Phi) is 6.77. The lowest BCUT2D eigenvalue weighted by molar-refractivity contribution is 0.0615. The fraction of sp³-hybridized carbons (Fsp3) is 0.741. The van der Waals surface area contributed by atoms with E-state index in [-0.39, 0.29) is 0 Å². The predicted octanol–water partition coefficient (Wildman–Crippen LogP) is 7.85. The summed E-state index contributed by atoms with van der Waals surface area (Å²) in [6.07, 6.45) is 19.2. The van der Waals surface area contributed by atoms with Crippen molar-refractivity contribution in [1.29, 1.82) is 5.26 Å². The first-order valence-corrected chi connectivity index (χ1v) is 12.3. The highest BCUT2D eigenvalue weighted by Crippen LogP contribution is 2.50. The molecule has 0 spiro atoms. The van der Waals surface area contributed by atoms with Crippen LogP contribution in [0, 0.1) is 40.9 Å². The summed E-state index contributed by atoms with van der Waals surface area (Å²) in [6, 6.07) is 10.6. The molecular formula is C27H39N. The van der Waals surface area contributed by atoms with Crippen LogP contribution in [-0.2, 0) is 0 Å². The van der Waals surface area contributed by atoms with Gasteiger partial charge in [-0.15, -0.1) is 0 Å². The Hall–Kier alpha value is -1.29. The minimum Gasteiger partial charge on any atom is -0.192 e. The quantitative estimate of drug-likeness (QED) is 0.512. The van der Waals surface area contributed by atoms with E-state index in [1.165, 1.54) is 76.2 Å². The number of hydrogen-bond acceptors (Lipinski definition) is 1. The van der Waals surface area contributed by atoms with Gasteiger partial charge in [0.25, 0.3) is 0 Å². The highest BCUT2D eigenvalue weighted by molar-refractivity contribution is 5.33. The Bertz CT molecular complexity index is 646. The summed E-state index contributed by atoms with van der Waals surface area (Å²) in [6.45, 7) is 2.34. The zero-order valence-corrected chi connectivity index (χ0v) is 17.9. The maximum Gasteiger partial charge on any atom is 0.0991 e. The third-order valence-electron chi connectivity index (χ3n) is 8.68. The van der Waals surface area contributed by atoms with Crippen LogP contribution in [0.3, 0.4) is 0 Å². The Labute approximate surface area is 172 Å². The SMILES string of the molecule is CCCCC1CCC2CC(C3CCC(c4ccc(C#N)cc4)CC3)CCC2C1. The van der Waals surface area contributed by atoms with E-state index in [1.54, 1.807) is 12.8 Å². The van der Waals surface area contributed by atoms with E-state index in [0.29, 0.717) is 0 Å². The van der Waals surface area contributed by atoms with Gasteiger partial charge in [-0.25, -0.2) is 0 Å². The van der Waals surface area contributed by atoms with Gasteiger partial charge in [-0.1, -0.05) is 44.7 Å². The molecule has 0 saturated heterocycles. The van der Waals surface area contributed by atoms with Crippen LogP contribution >= 0.6 is 0 Å². The number of nitrogens with zero attached hydrogens (tertiary/aromatic N) is 1. The van der Waals surface area contributed by atoms with E-state index < -0.39 is 0 Å². The lowest BCUT2D eigenvalue weighted by atomic mass is 9.60. The number of rotatable bonds is 5. The van der Waals surface area contributed by atoms with Gasteiger partial charge in [0.1, 0.15) is 0 Å². The van der Waals surface area contributed by atoms with Crippen LogP contribution in [0.25, 0.3) is 0 Å². The van der Waals surface area contributed by atoms with E-state index in [4.69, 9.17) is 5.26 Å². The van der Waals surface area contributed by atoms with Crippen LogP contribution in [-0.4, -0.2) is 0 Å². The normalized spacial score (nSPS) is 35.7. The Balaban J connectivity index is 1.25. The molecule has 28 heavy (non-hydrogen) atoms. The first-order chi connectivity index (χ1) is 13.8. The van der Waals surface area contributed by atoms with Gasteiger partial charge in [0, 0.05) is 0 Å². The van der Waals surface area contributed by atoms with E-state index in [9.17, 15) is 0 Å². The van der Waals surface area contributed by atoms with Gasteiger partial charge in [0.2, 0.25) is 0 Å². The topological polar surface area (TPSA) is 23.8 Å². The van der Waals surface area contributed by atoms with Crippen molar-refractivity contribution in [3.05, 3.63) is 35.4 Å².